The quantitative estimate of drug-likeness (QED) is 0.442. The number of esters is 1. The summed E-state index contributed by atoms with van der Waals surface area (Å²) in [4.78, 5) is 36.2. The zero-order valence-electron chi connectivity index (χ0n) is 14.4. The molecule has 2 rings (SSSR count). The first-order valence-corrected chi connectivity index (χ1v) is 8.24. The molecule has 1 atom stereocenters. The average molecular weight is 350 g/mol. The van der Waals surface area contributed by atoms with Crippen molar-refractivity contribution >= 4 is 17.6 Å². The maximum atomic E-state index is 12.3. The number of carbonyl (C=O) groups is 2. The van der Waals surface area contributed by atoms with Gasteiger partial charge < -0.3 is 14.4 Å². The van der Waals surface area contributed by atoms with Crippen LogP contribution in [0.5, 0.6) is 5.75 Å². The van der Waals surface area contributed by atoms with Gasteiger partial charge >= 0.3 is 11.7 Å². The molecular formula is C17H22N2O6. The highest BCUT2D eigenvalue weighted by Gasteiger charge is 2.29. The number of amides is 1. The Kier molecular flexibility index (Phi) is 6.32. The number of benzene rings is 1. The second-order valence-corrected chi connectivity index (χ2v) is 5.95. The Balaban J connectivity index is 1.96. The van der Waals surface area contributed by atoms with Crippen LogP contribution in [0.2, 0.25) is 0 Å². The van der Waals surface area contributed by atoms with Crippen molar-refractivity contribution in [3.05, 3.63) is 33.9 Å². The van der Waals surface area contributed by atoms with Crippen molar-refractivity contribution in [1.29, 1.82) is 0 Å². The minimum atomic E-state index is -0.537. The predicted molar refractivity (Wildman–Crippen MR) is 89.3 cm³/mol. The number of ether oxygens (including phenoxy) is 2. The largest absolute Gasteiger partial charge is 0.477 e. The van der Waals surface area contributed by atoms with Gasteiger partial charge in [0.1, 0.15) is 0 Å². The van der Waals surface area contributed by atoms with Gasteiger partial charge in [-0.05, 0) is 38.3 Å². The van der Waals surface area contributed by atoms with Crippen molar-refractivity contribution in [3.63, 3.8) is 0 Å². The van der Waals surface area contributed by atoms with Crippen LogP contribution in [0, 0.1) is 23.0 Å². The summed E-state index contributed by atoms with van der Waals surface area (Å²) in [6, 6.07) is 4.57. The number of hydrogen-bond donors (Lipinski definition) is 0. The molecule has 8 heteroatoms. The van der Waals surface area contributed by atoms with Crippen molar-refractivity contribution in [2.24, 2.45) is 5.92 Å². The number of nitro groups is 1. The summed E-state index contributed by atoms with van der Waals surface area (Å²) in [6.45, 7) is 4.31. The first-order valence-electron chi connectivity index (χ1n) is 8.24. The van der Waals surface area contributed by atoms with E-state index in [2.05, 4.69) is 0 Å². The number of piperidine rings is 1. The van der Waals surface area contributed by atoms with Crippen molar-refractivity contribution in [2.45, 2.75) is 26.7 Å². The Morgan fingerprint density at radius 1 is 1.40 bits per heavy atom. The van der Waals surface area contributed by atoms with E-state index < -0.39 is 4.92 Å². The van der Waals surface area contributed by atoms with Gasteiger partial charge in [-0.1, -0.05) is 6.07 Å². The molecular weight excluding hydrogens is 328 g/mol. The molecule has 1 heterocycles. The number of carbonyl (C=O) groups excluding carboxylic acids is 2. The molecule has 0 unspecified atom stereocenters. The summed E-state index contributed by atoms with van der Waals surface area (Å²) in [5.41, 5.74) is 0.564. The van der Waals surface area contributed by atoms with Crippen LogP contribution in [0.4, 0.5) is 5.69 Å². The molecule has 1 amide bonds. The standard InChI is InChI=1S/C17H22N2O6/c1-3-24-17(21)13-5-4-8-18(10-13)16(20)11-25-15-7-6-12(2)9-14(15)19(22)23/h6-7,9,13H,3-5,8,10-11H2,1-2H3/t13-/m1/s1. The van der Waals surface area contributed by atoms with Crippen LogP contribution in [0.1, 0.15) is 25.3 Å². The van der Waals surface area contributed by atoms with E-state index in [0.717, 1.165) is 5.56 Å². The number of rotatable bonds is 6. The van der Waals surface area contributed by atoms with Crippen LogP contribution in [-0.4, -0.2) is 48.0 Å². The molecule has 0 N–H and O–H groups in total. The Morgan fingerprint density at radius 3 is 2.84 bits per heavy atom. The average Bonchev–Trinajstić information content (AvgIpc) is 2.60. The van der Waals surface area contributed by atoms with Crippen LogP contribution in [0.15, 0.2) is 18.2 Å². The summed E-state index contributed by atoms with van der Waals surface area (Å²) in [6.07, 6.45) is 1.40. The molecule has 8 nitrogen and oxygen atoms in total. The summed E-state index contributed by atoms with van der Waals surface area (Å²) < 4.78 is 10.4. The van der Waals surface area contributed by atoms with E-state index >= 15 is 0 Å². The minimum absolute atomic E-state index is 0.0582. The topological polar surface area (TPSA) is 99.0 Å². The van der Waals surface area contributed by atoms with E-state index in [1.54, 1.807) is 24.8 Å². The molecule has 136 valence electrons. The molecule has 0 spiro atoms. The van der Waals surface area contributed by atoms with Gasteiger partial charge in [0.15, 0.2) is 12.4 Å². The Hall–Kier alpha value is -2.64. The lowest BCUT2D eigenvalue weighted by atomic mass is 9.98. The number of hydrogen-bond acceptors (Lipinski definition) is 6. The van der Waals surface area contributed by atoms with E-state index in [4.69, 9.17) is 9.47 Å². The summed E-state index contributed by atoms with van der Waals surface area (Å²) in [5.74, 6) is -0.867. The molecule has 1 fully saturated rings. The third kappa shape index (κ3) is 4.91. The second kappa shape index (κ2) is 8.46. The molecule has 1 aromatic rings. The summed E-state index contributed by atoms with van der Waals surface area (Å²) in [5, 5.41) is 11.1. The number of likely N-dealkylation sites (tertiary alicyclic amines) is 1. The van der Waals surface area contributed by atoms with E-state index in [9.17, 15) is 19.7 Å². The second-order valence-electron chi connectivity index (χ2n) is 5.95. The van der Waals surface area contributed by atoms with E-state index in [1.807, 2.05) is 0 Å². The SMILES string of the molecule is CCOC(=O)[C@@H]1CCCN(C(=O)COc2ccc(C)cc2[N+](=O)[O-])C1. The lowest BCUT2D eigenvalue weighted by Gasteiger charge is -2.31. The monoisotopic (exact) mass is 350 g/mol. The van der Waals surface area contributed by atoms with E-state index in [-0.39, 0.29) is 42.4 Å². The zero-order valence-corrected chi connectivity index (χ0v) is 14.4. The van der Waals surface area contributed by atoms with Crippen molar-refractivity contribution in [1.82, 2.24) is 4.90 Å². The van der Waals surface area contributed by atoms with Gasteiger partial charge in [-0.3, -0.25) is 19.7 Å². The first-order chi connectivity index (χ1) is 11.9. The van der Waals surface area contributed by atoms with Crippen LogP contribution >= 0.6 is 0 Å². The van der Waals surface area contributed by atoms with Gasteiger partial charge in [-0.15, -0.1) is 0 Å². The fourth-order valence-corrected chi connectivity index (χ4v) is 2.78. The molecule has 1 saturated heterocycles. The Bertz CT molecular complexity index is 661. The zero-order chi connectivity index (χ0) is 18.4. The van der Waals surface area contributed by atoms with Crippen LogP contribution in [0.3, 0.4) is 0 Å². The van der Waals surface area contributed by atoms with Crippen molar-refractivity contribution < 1.29 is 24.0 Å². The molecule has 1 aliphatic heterocycles. The lowest BCUT2D eigenvalue weighted by molar-refractivity contribution is -0.385. The molecule has 0 radical (unpaired) electrons. The molecule has 1 aliphatic rings. The Morgan fingerprint density at radius 2 is 2.16 bits per heavy atom. The fraction of sp³-hybridized carbons (Fsp3) is 0.529. The van der Waals surface area contributed by atoms with Gasteiger partial charge in [0, 0.05) is 19.2 Å². The van der Waals surface area contributed by atoms with Gasteiger partial charge in [0.25, 0.3) is 5.91 Å². The Labute approximate surface area is 145 Å². The minimum Gasteiger partial charge on any atom is -0.477 e. The third-order valence-corrected chi connectivity index (χ3v) is 4.06. The number of nitrogens with zero attached hydrogens (tertiary/aromatic N) is 2. The summed E-state index contributed by atoms with van der Waals surface area (Å²) in [7, 11) is 0. The normalized spacial score (nSPS) is 17.0. The maximum absolute atomic E-state index is 12.3. The maximum Gasteiger partial charge on any atom is 0.311 e. The van der Waals surface area contributed by atoms with Crippen molar-refractivity contribution in [3.8, 4) is 5.75 Å². The number of nitro benzene ring substituents is 1. The predicted octanol–water partition coefficient (Wildman–Crippen LogP) is 2.08. The summed E-state index contributed by atoms with van der Waals surface area (Å²) >= 11 is 0. The molecule has 1 aromatic carbocycles. The molecule has 0 aromatic heterocycles. The molecule has 0 saturated carbocycles. The number of aryl methyl sites for hydroxylation is 1. The lowest BCUT2D eigenvalue weighted by Crippen LogP contribution is -2.44. The van der Waals surface area contributed by atoms with Gasteiger partial charge in [-0.2, -0.15) is 0 Å². The molecule has 25 heavy (non-hydrogen) atoms. The fourth-order valence-electron chi connectivity index (χ4n) is 2.78. The molecule has 0 aliphatic carbocycles. The van der Waals surface area contributed by atoms with E-state index in [0.29, 0.717) is 26.0 Å². The highest BCUT2D eigenvalue weighted by atomic mass is 16.6. The smallest absolute Gasteiger partial charge is 0.311 e. The van der Waals surface area contributed by atoms with Gasteiger partial charge in [0.05, 0.1) is 17.4 Å². The van der Waals surface area contributed by atoms with E-state index in [1.165, 1.54) is 12.1 Å². The van der Waals surface area contributed by atoms with Crippen molar-refractivity contribution in [2.75, 3.05) is 26.3 Å². The van der Waals surface area contributed by atoms with Crippen LogP contribution < -0.4 is 4.74 Å². The highest BCUT2D eigenvalue weighted by Crippen LogP contribution is 2.28. The first kappa shape index (κ1) is 18.7. The van der Waals surface area contributed by atoms with Gasteiger partial charge in [-0.25, -0.2) is 0 Å². The highest BCUT2D eigenvalue weighted by molar-refractivity contribution is 5.79. The molecule has 0 bridgehead atoms. The van der Waals surface area contributed by atoms with Crippen LogP contribution in [0.25, 0.3) is 0 Å². The van der Waals surface area contributed by atoms with Crippen LogP contribution in [-0.2, 0) is 14.3 Å². The van der Waals surface area contributed by atoms with Gasteiger partial charge in [0.2, 0.25) is 0 Å². The third-order valence-electron chi connectivity index (χ3n) is 4.06.